The second-order valence-electron chi connectivity index (χ2n) is 7.37. The molecule has 0 aliphatic heterocycles. The van der Waals surface area contributed by atoms with Gasteiger partial charge in [-0.25, -0.2) is 0 Å². The Hall–Kier alpha value is -2.40. The van der Waals surface area contributed by atoms with Crippen LogP contribution in [0.4, 0.5) is 0 Å². The number of carbonyl (C=O) groups excluding carboxylic acids is 1. The first kappa shape index (κ1) is 15.5. The first-order chi connectivity index (χ1) is 10.9. The van der Waals surface area contributed by atoms with Crippen molar-refractivity contribution in [2.75, 3.05) is 0 Å². The second-order valence-corrected chi connectivity index (χ2v) is 7.37. The molecular weight excluding hydrogens is 282 g/mol. The van der Waals surface area contributed by atoms with E-state index in [4.69, 9.17) is 0 Å². The summed E-state index contributed by atoms with van der Waals surface area (Å²) in [4.78, 5) is 12.5. The van der Waals surface area contributed by atoms with Crippen LogP contribution in [0.1, 0.15) is 32.8 Å². The standard InChI is InChI=1S/C21H21NO/c1-20(2)18-10-9-16(11-15-7-5-4-6-8-15)12-21(18,3)13-17(14-22)19(20)23/h4-11,13,18H,12H2,1-3H3/b16-11-/t18-,21-/m0/s1. The van der Waals surface area contributed by atoms with Gasteiger partial charge < -0.3 is 0 Å². The van der Waals surface area contributed by atoms with Gasteiger partial charge in [0.2, 0.25) is 0 Å². The zero-order chi connectivity index (χ0) is 16.7. The topological polar surface area (TPSA) is 40.9 Å². The third kappa shape index (κ3) is 2.57. The van der Waals surface area contributed by atoms with E-state index in [2.05, 4.69) is 43.4 Å². The molecule has 0 aromatic heterocycles. The summed E-state index contributed by atoms with van der Waals surface area (Å²) in [5.74, 6) is 0.0788. The molecule has 1 aromatic rings. The summed E-state index contributed by atoms with van der Waals surface area (Å²) in [6.07, 6.45) is 9.21. The Balaban J connectivity index is 2.04. The Morgan fingerprint density at radius 1 is 1.22 bits per heavy atom. The first-order valence-electron chi connectivity index (χ1n) is 7.98. The van der Waals surface area contributed by atoms with Gasteiger partial charge in [-0.05, 0) is 28.9 Å². The van der Waals surface area contributed by atoms with Gasteiger partial charge in [-0.3, -0.25) is 4.79 Å². The fraction of sp³-hybridized carbons (Fsp3) is 0.333. The highest BCUT2D eigenvalue weighted by Gasteiger charge is 2.51. The van der Waals surface area contributed by atoms with Gasteiger partial charge in [-0.2, -0.15) is 5.26 Å². The molecule has 0 saturated carbocycles. The third-order valence-corrected chi connectivity index (χ3v) is 5.15. The predicted molar refractivity (Wildman–Crippen MR) is 92.3 cm³/mol. The SMILES string of the molecule is CC1(C)C(=O)C(C#N)=C[C@]2(C)C/C(=C\c3ccccc3)C=C[C@@H]12. The van der Waals surface area contributed by atoms with Crippen LogP contribution in [0, 0.1) is 28.1 Å². The van der Waals surface area contributed by atoms with Gasteiger partial charge >= 0.3 is 0 Å². The molecule has 2 nitrogen and oxygen atoms in total. The van der Waals surface area contributed by atoms with Crippen LogP contribution in [0.2, 0.25) is 0 Å². The maximum atomic E-state index is 12.5. The molecule has 0 spiro atoms. The molecule has 0 unspecified atom stereocenters. The minimum atomic E-state index is -0.538. The summed E-state index contributed by atoms with van der Waals surface area (Å²) >= 11 is 0. The molecule has 23 heavy (non-hydrogen) atoms. The lowest BCUT2D eigenvalue weighted by molar-refractivity contribution is -0.127. The summed E-state index contributed by atoms with van der Waals surface area (Å²) in [5, 5.41) is 9.33. The van der Waals surface area contributed by atoms with Crippen molar-refractivity contribution >= 4 is 11.9 Å². The summed E-state index contributed by atoms with van der Waals surface area (Å²) in [5.41, 5.74) is 1.97. The molecule has 2 heteroatoms. The number of ketones is 1. The van der Waals surface area contributed by atoms with Crippen LogP contribution in [0.3, 0.4) is 0 Å². The summed E-state index contributed by atoms with van der Waals surface area (Å²) in [6.45, 7) is 6.07. The smallest absolute Gasteiger partial charge is 0.179 e. The Kier molecular flexibility index (Phi) is 3.60. The summed E-state index contributed by atoms with van der Waals surface area (Å²) < 4.78 is 0. The average Bonchev–Trinajstić information content (AvgIpc) is 2.52. The van der Waals surface area contributed by atoms with E-state index < -0.39 is 5.41 Å². The Labute approximate surface area is 137 Å². The van der Waals surface area contributed by atoms with Crippen molar-refractivity contribution in [3.63, 3.8) is 0 Å². The number of hydrogen-bond donors (Lipinski definition) is 0. The molecule has 116 valence electrons. The van der Waals surface area contributed by atoms with Crippen molar-refractivity contribution in [3.8, 4) is 6.07 Å². The van der Waals surface area contributed by atoms with Crippen LogP contribution >= 0.6 is 0 Å². The van der Waals surface area contributed by atoms with Gasteiger partial charge in [-0.15, -0.1) is 0 Å². The molecule has 0 amide bonds. The van der Waals surface area contributed by atoms with E-state index in [0.29, 0.717) is 5.57 Å². The first-order valence-corrected chi connectivity index (χ1v) is 7.98. The number of carbonyl (C=O) groups is 1. The summed E-state index contributed by atoms with van der Waals surface area (Å²) in [7, 11) is 0. The lowest BCUT2D eigenvalue weighted by Gasteiger charge is -2.48. The van der Waals surface area contributed by atoms with Crippen molar-refractivity contribution < 1.29 is 4.79 Å². The van der Waals surface area contributed by atoms with Crippen LogP contribution < -0.4 is 0 Å². The number of rotatable bonds is 1. The van der Waals surface area contributed by atoms with E-state index in [9.17, 15) is 10.1 Å². The van der Waals surface area contributed by atoms with Crippen LogP contribution in [0.5, 0.6) is 0 Å². The monoisotopic (exact) mass is 303 g/mol. The fourth-order valence-corrected chi connectivity index (χ4v) is 4.08. The van der Waals surface area contributed by atoms with E-state index in [1.165, 1.54) is 11.1 Å². The zero-order valence-electron chi connectivity index (χ0n) is 13.8. The maximum absolute atomic E-state index is 12.5. The number of Topliss-reactive ketones (excluding diaryl/α,β-unsaturated/α-hetero) is 1. The Morgan fingerprint density at radius 3 is 2.57 bits per heavy atom. The quantitative estimate of drug-likeness (QED) is 0.753. The van der Waals surface area contributed by atoms with Crippen molar-refractivity contribution in [1.82, 2.24) is 0 Å². The predicted octanol–water partition coefficient (Wildman–Crippen LogP) is 4.71. The maximum Gasteiger partial charge on any atom is 0.179 e. The molecule has 0 bridgehead atoms. The molecule has 0 fully saturated rings. The number of nitrogens with zero attached hydrogens (tertiary/aromatic N) is 1. The van der Waals surface area contributed by atoms with Gasteiger partial charge in [0.25, 0.3) is 0 Å². The molecule has 2 aliphatic rings. The average molecular weight is 303 g/mol. The number of nitriles is 1. The van der Waals surface area contributed by atoms with E-state index in [1.54, 1.807) is 0 Å². The lowest BCUT2D eigenvalue weighted by atomic mass is 9.54. The molecule has 0 N–H and O–H groups in total. The Morgan fingerprint density at radius 2 is 1.91 bits per heavy atom. The van der Waals surface area contributed by atoms with Gasteiger partial charge in [0.05, 0.1) is 5.57 Å². The Bertz CT molecular complexity index is 774. The number of benzene rings is 1. The number of allylic oxidation sites excluding steroid dienone is 5. The van der Waals surface area contributed by atoms with E-state index in [0.717, 1.165) is 6.42 Å². The van der Waals surface area contributed by atoms with Crippen molar-refractivity contribution in [1.29, 1.82) is 5.26 Å². The fourth-order valence-electron chi connectivity index (χ4n) is 4.08. The second kappa shape index (κ2) is 5.35. The highest BCUT2D eigenvalue weighted by molar-refractivity contribution is 6.04. The number of hydrogen-bond acceptors (Lipinski definition) is 2. The van der Waals surface area contributed by atoms with Crippen LogP contribution in [-0.4, -0.2) is 5.78 Å². The van der Waals surface area contributed by atoms with Crippen LogP contribution in [0.25, 0.3) is 6.08 Å². The minimum Gasteiger partial charge on any atom is -0.293 e. The van der Waals surface area contributed by atoms with E-state index in [1.807, 2.05) is 38.1 Å². The van der Waals surface area contributed by atoms with E-state index >= 15 is 0 Å². The highest BCUT2D eigenvalue weighted by atomic mass is 16.1. The highest BCUT2D eigenvalue weighted by Crippen LogP contribution is 2.53. The van der Waals surface area contributed by atoms with Crippen molar-refractivity contribution in [3.05, 3.63) is 65.3 Å². The molecule has 1 aromatic carbocycles. The lowest BCUT2D eigenvalue weighted by Crippen LogP contribution is -2.46. The normalized spacial score (nSPS) is 30.5. The molecule has 0 saturated heterocycles. The van der Waals surface area contributed by atoms with Crippen LogP contribution in [-0.2, 0) is 4.79 Å². The largest absolute Gasteiger partial charge is 0.293 e. The third-order valence-electron chi connectivity index (χ3n) is 5.15. The molecule has 2 aliphatic carbocycles. The van der Waals surface area contributed by atoms with Gasteiger partial charge in [0.1, 0.15) is 6.07 Å². The molecule has 0 heterocycles. The van der Waals surface area contributed by atoms with E-state index in [-0.39, 0.29) is 17.1 Å². The molecule has 3 rings (SSSR count). The van der Waals surface area contributed by atoms with Crippen molar-refractivity contribution in [2.24, 2.45) is 16.7 Å². The van der Waals surface area contributed by atoms with Gasteiger partial charge in [-0.1, -0.05) is 75.4 Å². The van der Waals surface area contributed by atoms with Gasteiger partial charge in [0.15, 0.2) is 5.78 Å². The van der Waals surface area contributed by atoms with Gasteiger partial charge in [0, 0.05) is 5.41 Å². The zero-order valence-corrected chi connectivity index (χ0v) is 13.8. The minimum absolute atomic E-state index is 0.0392. The molecule has 2 atom stereocenters. The van der Waals surface area contributed by atoms with Crippen LogP contribution in [0.15, 0.2) is 59.7 Å². The van der Waals surface area contributed by atoms with Crippen molar-refractivity contribution in [2.45, 2.75) is 27.2 Å². The summed E-state index contributed by atoms with van der Waals surface area (Å²) in [6, 6.07) is 12.3. The molecular formula is C21H21NO. The number of fused-ring (bicyclic) bond motifs is 1. The molecule has 0 radical (unpaired) electrons.